The zero-order chi connectivity index (χ0) is 13.9. The molecular formula is C12H15NO5. The summed E-state index contributed by atoms with van der Waals surface area (Å²) < 4.78 is 4.99. The molecule has 1 aromatic rings. The summed E-state index contributed by atoms with van der Waals surface area (Å²) in [6.07, 6.45) is -0.782. The van der Waals surface area contributed by atoms with Gasteiger partial charge in [-0.25, -0.2) is 9.59 Å². The van der Waals surface area contributed by atoms with E-state index in [4.69, 9.17) is 9.84 Å². The van der Waals surface area contributed by atoms with Crippen molar-refractivity contribution < 1.29 is 24.5 Å². The maximum Gasteiger partial charge on any atom is 0.412 e. The summed E-state index contributed by atoms with van der Waals surface area (Å²) in [5.41, 5.74) is -1.08. The first-order valence-corrected chi connectivity index (χ1v) is 5.26. The number of ether oxygens (including phenoxy) is 1. The number of carboxylic acids is 1. The third kappa shape index (κ3) is 3.65. The van der Waals surface area contributed by atoms with Gasteiger partial charge in [0.1, 0.15) is 16.9 Å². The number of aromatic carboxylic acids is 1. The minimum absolute atomic E-state index is 0.0169. The number of phenols is 1. The van der Waals surface area contributed by atoms with Gasteiger partial charge in [-0.1, -0.05) is 6.07 Å². The molecule has 0 atom stereocenters. The van der Waals surface area contributed by atoms with Crippen molar-refractivity contribution in [3.05, 3.63) is 23.8 Å². The zero-order valence-electron chi connectivity index (χ0n) is 10.4. The summed E-state index contributed by atoms with van der Waals surface area (Å²) in [6, 6.07) is 4.02. The number of carbonyl (C=O) groups excluding carboxylic acids is 1. The lowest BCUT2D eigenvalue weighted by Crippen LogP contribution is -2.27. The lowest BCUT2D eigenvalue weighted by Gasteiger charge is -2.20. The fourth-order valence-corrected chi connectivity index (χ4v) is 1.28. The zero-order valence-corrected chi connectivity index (χ0v) is 10.4. The van der Waals surface area contributed by atoms with Gasteiger partial charge in [0, 0.05) is 0 Å². The predicted molar refractivity (Wildman–Crippen MR) is 64.9 cm³/mol. The highest BCUT2D eigenvalue weighted by Gasteiger charge is 2.20. The van der Waals surface area contributed by atoms with Gasteiger partial charge in [0.05, 0.1) is 5.69 Å². The molecule has 0 spiro atoms. The maximum absolute atomic E-state index is 11.5. The number of carbonyl (C=O) groups is 2. The van der Waals surface area contributed by atoms with Gasteiger partial charge < -0.3 is 14.9 Å². The van der Waals surface area contributed by atoms with Gasteiger partial charge in [-0.15, -0.1) is 0 Å². The van der Waals surface area contributed by atoms with E-state index in [0.29, 0.717) is 0 Å². The van der Waals surface area contributed by atoms with Crippen molar-refractivity contribution >= 4 is 17.7 Å². The second-order valence-electron chi connectivity index (χ2n) is 4.63. The molecule has 0 bridgehead atoms. The van der Waals surface area contributed by atoms with Crippen molar-refractivity contribution in [3.8, 4) is 5.75 Å². The highest BCUT2D eigenvalue weighted by Crippen LogP contribution is 2.25. The first-order chi connectivity index (χ1) is 8.20. The van der Waals surface area contributed by atoms with E-state index >= 15 is 0 Å². The molecular weight excluding hydrogens is 238 g/mol. The van der Waals surface area contributed by atoms with E-state index in [2.05, 4.69) is 5.32 Å². The molecule has 0 aromatic heterocycles. The van der Waals surface area contributed by atoms with Crippen LogP contribution in [0.1, 0.15) is 31.1 Å². The Morgan fingerprint density at radius 1 is 1.28 bits per heavy atom. The summed E-state index contributed by atoms with van der Waals surface area (Å²) in [4.78, 5) is 22.5. The van der Waals surface area contributed by atoms with E-state index in [9.17, 15) is 14.7 Å². The molecule has 1 amide bonds. The van der Waals surface area contributed by atoms with Gasteiger partial charge in [0.25, 0.3) is 0 Å². The summed E-state index contributed by atoms with van der Waals surface area (Å²) in [7, 11) is 0. The Morgan fingerprint density at radius 2 is 1.89 bits per heavy atom. The average Bonchev–Trinajstić information content (AvgIpc) is 2.13. The summed E-state index contributed by atoms with van der Waals surface area (Å²) in [5.74, 6) is -1.75. The van der Waals surface area contributed by atoms with Crippen molar-refractivity contribution in [2.45, 2.75) is 26.4 Å². The average molecular weight is 253 g/mol. The molecule has 98 valence electrons. The van der Waals surface area contributed by atoms with Crippen LogP contribution < -0.4 is 5.32 Å². The Balaban J connectivity index is 2.95. The van der Waals surface area contributed by atoms with E-state index < -0.39 is 23.4 Å². The first kappa shape index (κ1) is 13.8. The Bertz CT molecular complexity index is 476. The van der Waals surface area contributed by atoms with E-state index in [-0.39, 0.29) is 11.3 Å². The molecule has 0 fully saturated rings. The molecule has 6 nitrogen and oxygen atoms in total. The van der Waals surface area contributed by atoms with Crippen LogP contribution in [0.25, 0.3) is 0 Å². The number of amides is 1. The number of aromatic hydroxyl groups is 1. The largest absolute Gasteiger partial charge is 0.507 e. The molecule has 0 saturated carbocycles. The second-order valence-corrected chi connectivity index (χ2v) is 4.63. The molecule has 0 saturated heterocycles. The van der Waals surface area contributed by atoms with E-state index in [0.717, 1.165) is 0 Å². The molecule has 1 aromatic carbocycles. The van der Waals surface area contributed by atoms with Crippen molar-refractivity contribution in [3.63, 3.8) is 0 Å². The van der Waals surface area contributed by atoms with Crippen molar-refractivity contribution in [1.82, 2.24) is 0 Å². The van der Waals surface area contributed by atoms with Crippen molar-refractivity contribution in [2.24, 2.45) is 0 Å². The molecule has 0 radical (unpaired) electrons. The van der Waals surface area contributed by atoms with E-state index in [1.807, 2.05) is 0 Å². The Morgan fingerprint density at radius 3 is 2.39 bits per heavy atom. The topological polar surface area (TPSA) is 95.9 Å². The van der Waals surface area contributed by atoms with Crippen LogP contribution in [-0.4, -0.2) is 27.9 Å². The summed E-state index contributed by atoms with van der Waals surface area (Å²) >= 11 is 0. The summed E-state index contributed by atoms with van der Waals surface area (Å²) in [6.45, 7) is 5.06. The van der Waals surface area contributed by atoms with Crippen LogP contribution >= 0.6 is 0 Å². The lowest BCUT2D eigenvalue weighted by molar-refractivity contribution is 0.0636. The van der Waals surface area contributed by atoms with Gasteiger partial charge in [0.15, 0.2) is 0 Å². The Hall–Kier alpha value is -2.24. The third-order valence-electron chi connectivity index (χ3n) is 1.89. The molecule has 0 heterocycles. The van der Waals surface area contributed by atoms with Gasteiger partial charge in [-0.2, -0.15) is 0 Å². The number of rotatable bonds is 2. The Labute approximate surface area is 104 Å². The molecule has 0 aliphatic heterocycles. The van der Waals surface area contributed by atoms with Crippen LogP contribution in [0.3, 0.4) is 0 Å². The number of nitrogens with one attached hydrogen (secondary N) is 1. The monoisotopic (exact) mass is 253 g/mol. The van der Waals surface area contributed by atoms with Crippen LogP contribution in [0.4, 0.5) is 10.5 Å². The molecule has 6 heteroatoms. The first-order valence-electron chi connectivity index (χ1n) is 5.26. The number of carboxylic acid groups (broad SMARTS) is 1. The number of hydrogen-bond donors (Lipinski definition) is 3. The minimum Gasteiger partial charge on any atom is -0.507 e. The lowest BCUT2D eigenvalue weighted by atomic mass is 10.1. The van der Waals surface area contributed by atoms with Gasteiger partial charge >= 0.3 is 12.1 Å². The molecule has 3 N–H and O–H groups in total. The maximum atomic E-state index is 11.5. The van der Waals surface area contributed by atoms with E-state index in [1.165, 1.54) is 18.2 Å². The van der Waals surface area contributed by atoms with Crippen LogP contribution in [0, 0.1) is 0 Å². The number of hydrogen-bond acceptors (Lipinski definition) is 4. The highest BCUT2D eigenvalue weighted by molar-refractivity contribution is 6.01. The quantitative estimate of drug-likeness (QED) is 0.752. The van der Waals surface area contributed by atoms with Gasteiger partial charge in [0.2, 0.25) is 0 Å². The van der Waals surface area contributed by atoms with Crippen LogP contribution in [-0.2, 0) is 4.74 Å². The smallest absolute Gasteiger partial charge is 0.412 e. The predicted octanol–water partition coefficient (Wildman–Crippen LogP) is 2.44. The molecule has 0 aliphatic carbocycles. The second kappa shape index (κ2) is 4.95. The fourth-order valence-electron chi connectivity index (χ4n) is 1.28. The summed E-state index contributed by atoms with van der Waals surface area (Å²) in [5, 5.41) is 20.7. The molecule has 0 aliphatic rings. The minimum atomic E-state index is -1.33. The molecule has 18 heavy (non-hydrogen) atoms. The fraction of sp³-hybridized carbons (Fsp3) is 0.333. The van der Waals surface area contributed by atoms with E-state index in [1.54, 1.807) is 20.8 Å². The van der Waals surface area contributed by atoms with Crippen molar-refractivity contribution in [1.29, 1.82) is 0 Å². The van der Waals surface area contributed by atoms with Crippen LogP contribution in [0.15, 0.2) is 18.2 Å². The SMILES string of the molecule is CC(C)(C)OC(=O)Nc1cccc(O)c1C(=O)O. The van der Waals surface area contributed by atoms with Crippen LogP contribution in [0.5, 0.6) is 5.75 Å². The van der Waals surface area contributed by atoms with Crippen molar-refractivity contribution in [2.75, 3.05) is 5.32 Å². The third-order valence-corrected chi connectivity index (χ3v) is 1.89. The van der Waals surface area contributed by atoms with Crippen LogP contribution in [0.2, 0.25) is 0 Å². The molecule has 1 rings (SSSR count). The highest BCUT2D eigenvalue weighted by atomic mass is 16.6. The molecule has 0 unspecified atom stereocenters. The number of benzene rings is 1. The van der Waals surface area contributed by atoms with Gasteiger partial charge in [-0.05, 0) is 32.9 Å². The number of anilines is 1. The Kier molecular flexibility index (Phi) is 3.80. The van der Waals surface area contributed by atoms with Gasteiger partial charge in [-0.3, -0.25) is 5.32 Å². The normalized spacial score (nSPS) is 10.8. The standard InChI is InChI=1S/C12H15NO5/c1-12(2,3)18-11(17)13-7-5-4-6-8(14)9(7)10(15)16/h4-6,14H,1-3H3,(H,13,17)(H,15,16).